The van der Waals surface area contributed by atoms with Gasteiger partial charge in [-0.25, -0.2) is 14.4 Å². The van der Waals surface area contributed by atoms with Gasteiger partial charge in [0.2, 0.25) is 5.82 Å². The Morgan fingerprint density at radius 3 is 2.34 bits per heavy atom. The first-order chi connectivity index (χ1) is 15.6. The van der Waals surface area contributed by atoms with Gasteiger partial charge in [0.25, 0.3) is 0 Å². The summed E-state index contributed by atoms with van der Waals surface area (Å²) < 4.78 is 40.0. The molecule has 0 N–H and O–H groups in total. The third-order valence-corrected chi connectivity index (χ3v) is 7.09. The van der Waals surface area contributed by atoms with Crippen molar-refractivity contribution in [2.45, 2.75) is 77.2 Å². The van der Waals surface area contributed by atoms with Crippen molar-refractivity contribution in [2.24, 2.45) is 11.8 Å². The summed E-state index contributed by atoms with van der Waals surface area (Å²) in [6.45, 7) is 5.18. The molecule has 1 aliphatic carbocycles. The van der Waals surface area contributed by atoms with Crippen LogP contribution in [0.5, 0.6) is 5.75 Å². The topological polar surface area (TPSA) is 44.2 Å². The number of nitrogens with zero attached hydrogens (tertiary/aromatic N) is 2. The molecule has 174 valence electrons. The van der Waals surface area contributed by atoms with Crippen molar-refractivity contribution >= 4 is 0 Å². The molecule has 2 heterocycles. The minimum atomic E-state index is -0.974. The first-order valence-electron chi connectivity index (χ1n) is 12.1. The smallest absolute Gasteiger partial charge is 0.201 e. The Hall–Kier alpha value is -2.08. The maximum Gasteiger partial charge on any atom is 0.201 e. The zero-order valence-electron chi connectivity index (χ0n) is 19.2. The van der Waals surface area contributed by atoms with Crippen LogP contribution in [0.1, 0.15) is 77.0 Å². The SMILES string of the molecule is CCCC1CCC(C2CCC(c3ncc(-c4ccc(OCC)c(F)c4F)cn3)CC2)OC1. The van der Waals surface area contributed by atoms with Gasteiger partial charge in [-0.05, 0) is 75.8 Å². The van der Waals surface area contributed by atoms with Crippen molar-refractivity contribution in [3.05, 3.63) is 42.0 Å². The molecule has 6 heteroatoms. The average Bonchev–Trinajstić information content (AvgIpc) is 2.83. The molecule has 2 unspecified atom stereocenters. The third kappa shape index (κ3) is 5.11. The number of halogens is 2. The van der Waals surface area contributed by atoms with Gasteiger partial charge in [-0.15, -0.1) is 0 Å². The van der Waals surface area contributed by atoms with Crippen LogP contribution in [0.2, 0.25) is 0 Å². The summed E-state index contributed by atoms with van der Waals surface area (Å²) in [5, 5.41) is 0. The fourth-order valence-electron chi connectivity index (χ4n) is 5.29. The van der Waals surface area contributed by atoms with E-state index in [9.17, 15) is 8.78 Å². The van der Waals surface area contributed by atoms with Crippen LogP contribution < -0.4 is 4.74 Å². The van der Waals surface area contributed by atoms with E-state index in [0.717, 1.165) is 44.0 Å². The molecule has 0 amide bonds. The van der Waals surface area contributed by atoms with Gasteiger partial charge in [-0.2, -0.15) is 4.39 Å². The molecule has 0 radical (unpaired) electrons. The maximum absolute atomic E-state index is 14.5. The van der Waals surface area contributed by atoms with Gasteiger partial charge in [-0.3, -0.25) is 0 Å². The fraction of sp³-hybridized carbons (Fsp3) is 0.615. The van der Waals surface area contributed by atoms with E-state index in [0.29, 0.717) is 23.5 Å². The van der Waals surface area contributed by atoms with Crippen LogP contribution in [0, 0.1) is 23.5 Å². The average molecular weight is 445 g/mol. The van der Waals surface area contributed by atoms with E-state index >= 15 is 0 Å². The van der Waals surface area contributed by atoms with Crippen LogP contribution in [0.25, 0.3) is 11.1 Å². The molecule has 2 aromatic rings. The van der Waals surface area contributed by atoms with Crippen molar-refractivity contribution in [3.63, 3.8) is 0 Å². The van der Waals surface area contributed by atoms with E-state index in [1.807, 2.05) is 0 Å². The van der Waals surface area contributed by atoms with E-state index in [4.69, 9.17) is 9.47 Å². The molecule has 4 rings (SSSR count). The zero-order valence-corrected chi connectivity index (χ0v) is 19.2. The van der Waals surface area contributed by atoms with Gasteiger partial charge >= 0.3 is 0 Å². The molecule has 0 bridgehead atoms. The Kier molecular flexibility index (Phi) is 7.71. The first kappa shape index (κ1) is 23.1. The lowest BCUT2D eigenvalue weighted by Crippen LogP contribution is -2.34. The van der Waals surface area contributed by atoms with E-state index < -0.39 is 11.6 Å². The summed E-state index contributed by atoms with van der Waals surface area (Å²) in [5.74, 6) is 0.512. The second kappa shape index (κ2) is 10.7. The van der Waals surface area contributed by atoms with Gasteiger partial charge < -0.3 is 9.47 Å². The molecule has 4 nitrogen and oxygen atoms in total. The molecule has 2 fully saturated rings. The van der Waals surface area contributed by atoms with Gasteiger partial charge in [0.15, 0.2) is 11.6 Å². The fourth-order valence-corrected chi connectivity index (χ4v) is 5.29. The predicted molar refractivity (Wildman–Crippen MR) is 121 cm³/mol. The molecule has 1 aromatic heterocycles. The minimum Gasteiger partial charge on any atom is -0.491 e. The number of benzene rings is 1. The Bertz CT molecular complexity index is 874. The Morgan fingerprint density at radius 1 is 0.969 bits per heavy atom. The molecule has 1 saturated heterocycles. The number of rotatable bonds is 7. The van der Waals surface area contributed by atoms with Crippen LogP contribution in [-0.2, 0) is 4.74 Å². The second-order valence-electron chi connectivity index (χ2n) is 9.22. The van der Waals surface area contributed by atoms with E-state index in [1.54, 1.807) is 19.3 Å². The van der Waals surface area contributed by atoms with Crippen LogP contribution in [-0.4, -0.2) is 29.3 Å². The van der Waals surface area contributed by atoms with Crippen molar-refractivity contribution in [3.8, 4) is 16.9 Å². The van der Waals surface area contributed by atoms with Crippen LogP contribution in [0.3, 0.4) is 0 Å². The first-order valence-corrected chi connectivity index (χ1v) is 12.1. The van der Waals surface area contributed by atoms with Gasteiger partial charge in [0.05, 0.1) is 12.7 Å². The molecule has 2 aliphatic rings. The van der Waals surface area contributed by atoms with Crippen molar-refractivity contribution in [1.82, 2.24) is 9.97 Å². The van der Waals surface area contributed by atoms with Crippen molar-refractivity contribution in [1.29, 1.82) is 0 Å². The van der Waals surface area contributed by atoms with Gasteiger partial charge in [0.1, 0.15) is 5.82 Å². The summed E-state index contributed by atoms with van der Waals surface area (Å²) in [5.41, 5.74) is 0.621. The van der Waals surface area contributed by atoms with Crippen molar-refractivity contribution in [2.75, 3.05) is 13.2 Å². The summed E-state index contributed by atoms with van der Waals surface area (Å²) in [6, 6.07) is 2.96. The van der Waals surface area contributed by atoms with Gasteiger partial charge in [0, 0.05) is 36.0 Å². The number of hydrogen-bond acceptors (Lipinski definition) is 4. The largest absolute Gasteiger partial charge is 0.491 e. The highest BCUT2D eigenvalue weighted by atomic mass is 19.2. The molecule has 1 saturated carbocycles. The molecule has 1 aromatic carbocycles. The standard InChI is InChI=1S/C26H34F2N2O2/c1-3-5-17-6-12-22(32-16-17)18-7-9-19(10-8-18)26-29-14-20(15-30-26)21-11-13-23(31-4-2)25(28)24(21)27/h11,13-15,17-19,22H,3-10,12,16H2,1-2H3. The summed E-state index contributed by atoms with van der Waals surface area (Å²) in [4.78, 5) is 9.03. The minimum absolute atomic E-state index is 0.0779. The van der Waals surface area contributed by atoms with Crippen molar-refractivity contribution < 1.29 is 18.3 Å². The summed E-state index contributed by atoms with van der Waals surface area (Å²) in [7, 11) is 0. The lowest BCUT2D eigenvalue weighted by Gasteiger charge is -2.37. The van der Waals surface area contributed by atoms with Crippen LogP contribution in [0.15, 0.2) is 24.5 Å². The van der Waals surface area contributed by atoms with Gasteiger partial charge in [-0.1, -0.05) is 13.3 Å². The molecule has 0 spiro atoms. The monoisotopic (exact) mass is 444 g/mol. The zero-order chi connectivity index (χ0) is 22.5. The van der Waals surface area contributed by atoms with E-state index in [2.05, 4.69) is 16.9 Å². The highest BCUT2D eigenvalue weighted by Crippen LogP contribution is 2.39. The van der Waals surface area contributed by atoms with Crippen LogP contribution in [0.4, 0.5) is 8.78 Å². The second-order valence-corrected chi connectivity index (χ2v) is 9.22. The van der Waals surface area contributed by atoms with E-state index in [1.165, 1.54) is 37.8 Å². The molecule has 1 aliphatic heterocycles. The summed E-state index contributed by atoms with van der Waals surface area (Å²) >= 11 is 0. The molecular formula is C26H34F2N2O2. The lowest BCUT2D eigenvalue weighted by molar-refractivity contribution is -0.0577. The number of hydrogen-bond donors (Lipinski definition) is 0. The molecule has 2 atom stereocenters. The number of aromatic nitrogens is 2. The number of ether oxygens (including phenoxy) is 2. The molecule has 32 heavy (non-hydrogen) atoms. The normalized spacial score (nSPS) is 26.1. The highest BCUT2D eigenvalue weighted by molar-refractivity contribution is 5.63. The quantitative estimate of drug-likeness (QED) is 0.477. The van der Waals surface area contributed by atoms with E-state index in [-0.39, 0.29) is 17.9 Å². The van der Waals surface area contributed by atoms with Crippen LogP contribution >= 0.6 is 0 Å². The molecular weight excluding hydrogens is 410 g/mol. The highest BCUT2D eigenvalue weighted by Gasteiger charge is 2.32. The maximum atomic E-state index is 14.5. The Labute approximate surface area is 189 Å². The Morgan fingerprint density at radius 2 is 1.72 bits per heavy atom. The summed E-state index contributed by atoms with van der Waals surface area (Å²) in [6.07, 6.45) is 13.0. The predicted octanol–water partition coefficient (Wildman–Crippen LogP) is 6.69. The Balaban J connectivity index is 1.34. The third-order valence-electron chi connectivity index (χ3n) is 7.09. The lowest BCUT2D eigenvalue weighted by atomic mass is 9.76.